The van der Waals surface area contributed by atoms with Crippen molar-refractivity contribution < 1.29 is 19.1 Å². The van der Waals surface area contributed by atoms with Crippen LogP contribution in [0.2, 0.25) is 5.02 Å². The predicted molar refractivity (Wildman–Crippen MR) is 198 cm³/mol. The van der Waals surface area contributed by atoms with Gasteiger partial charge in [0.15, 0.2) is 5.82 Å². The first kappa shape index (κ1) is 35.8. The number of nitrogens with one attached hydrogen (secondary N) is 1. The summed E-state index contributed by atoms with van der Waals surface area (Å²) in [5.74, 6) is 6.27. The minimum Gasteiger partial charge on any atom is -0.465 e. The Morgan fingerprint density at radius 2 is 1.80 bits per heavy atom. The molecule has 3 N–H and O–H groups in total. The number of piperazine rings is 1. The van der Waals surface area contributed by atoms with Gasteiger partial charge in [-0.25, -0.2) is 4.79 Å². The number of aromatic nitrogens is 3. The Hall–Kier alpha value is -5.03. The molecule has 12 nitrogen and oxygen atoms in total. The smallest absolute Gasteiger partial charge is 0.339 e. The third-order valence-electron chi connectivity index (χ3n) is 9.13. The van der Waals surface area contributed by atoms with Crippen molar-refractivity contribution in [2.45, 2.75) is 39.7 Å². The zero-order valence-corrected chi connectivity index (χ0v) is 30.5. The van der Waals surface area contributed by atoms with Crippen LogP contribution in [0.15, 0.2) is 47.5 Å². The molecule has 4 heterocycles. The van der Waals surface area contributed by atoms with Crippen LogP contribution in [0.1, 0.15) is 68.0 Å². The predicted octanol–water partition coefficient (Wildman–Crippen LogP) is 4.14. The number of esters is 1. The number of benzene rings is 2. The van der Waals surface area contributed by atoms with Crippen LogP contribution in [0.25, 0.3) is 5.00 Å². The van der Waals surface area contributed by atoms with E-state index in [1.54, 1.807) is 28.4 Å². The number of aryl methyl sites for hydroxylation is 2. The second-order valence-electron chi connectivity index (χ2n) is 12.3. The van der Waals surface area contributed by atoms with E-state index in [1.807, 2.05) is 41.8 Å². The monoisotopic (exact) mass is 726 g/mol. The maximum atomic E-state index is 13.4. The van der Waals surface area contributed by atoms with E-state index in [0.717, 1.165) is 33.1 Å². The number of methoxy groups -OCH3 is 1. The highest BCUT2D eigenvalue weighted by atomic mass is 35.5. The van der Waals surface area contributed by atoms with Crippen LogP contribution >= 0.6 is 22.9 Å². The van der Waals surface area contributed by atoms with Gasteiger partial charge in [0.25, 0.3) is 0 Å². The normalized spacial score (nSPS) is 15.2. The van der Waals surface area contributed by atoms with Crippen molar-refractivity contribution in [1.29, 1.82) is 0 Å². The number of hydrogen-bond donors (Lipinski definition) is 2. The van der Waals surface area contributed by atoms with E-state index < -0.39 is 12.0 Å². The second kappa shape index (κ2) is 15.5. The molecule has 4 aromatic rings. The highest BCUT2D eigenvalue weighted by molar-refractivity contribution is 7.15. The van der Waals surface area contributed by atoms with Crippen molar-refractivity contribution in [2.75, 3.05) is 51.3 Å². The lowest BCUT2D eigenvalue weighted by Gasteiger charge is -2.36. The lowest BCUT2D eigenvalue weighted by molar-refractivity contribution is -0.131. The van der Waals surface area contributed by atoms with E-state index in [0.29, 0.717) is 54.0 Å². The SMILES string of the molecule is COC(=O)c1cc(N2CCN(C(=O)CCNC(=O)C[C@@H]3N=C(c4ccc(Cl)cc4)c4c(sc(C)c4C)-n4c(C)nnc43)CC2)ccc1C#CCN. The van der Waals surface area contributed by atoms with Crippen molar-refractivity contribution in [3.63, 3.8) is 0 Å². The molecular formula is C37H39ClN8O4S. The summed E-state index contributed by atoms with van der Waals surface area (Å²) in [5.41, 5.74) is 11.1. The molecule has 0 saturated carbocycles. The molecule has 1 atom stereocenters. The first-order valence-corrected chi connectivity index (χ1v) is 17.9. The molecule has 264 valence electrons. The number of amides is 2. The van der Waals surface area contributed by atoms with Gasteiger partial charge in [-0.2, -0.15) is 0 Å². The molecular weight excluding hydrogens is 688 g/mol. The Morgan fingerprint density at radius 3 is 2.51 bits per heavy atom. The van der Waals surface area contributed by atoms with Gasteiger partial charge in [0.2, 0.25) is 11.8 Å². The fourth-order valence-electron chi connectivity index (χ4n) is 6.32. The molecule has 1 fully saturated rings. The summed E-state index contributed by atoms with van der Waals surface area (Å²) in [5, 5.41) is 13.4. The number of hydrogen-bond acceptors (Lipinski definition) is 10. The van der Waals surface area contributed by atoms with Gasteiger partial charge in [-0.05, 0) is 56.7 Å². The third-order valence-corrected chi connectivity index (χ3v) is 10.6. The molecule has 2 aromatic carbocycles. The number of rotatable bonds is 8. The number of halogens is 1. The van der Waals surface area contributed by atoms with Crippen molar-refractivity contribution in [2.24, 2.45) is 10.7 Å². The van der Waals surface area contributed by atoms with E-state index in [9.17, 15) is 14.4 Å². The topological polar surface area (TPSA) is 148 Å². The number of anilines is 1. The molecule has 2 aromatic heterocycles. The average molecular weight is 727 g/mol. The molecule has 51 heavy (non-hydrogen) atoms. The molecule has 6 rings (SSSR count). The standard InChI is InChI=1S/C37H39ClN8O4S/c1-22-23(2)51-36-33(22)34(26-7-10-27(38)11-8-26)41-30(35-43-42-24(3)46(35)36)21-31(47)40-15-13-32(48)45-18-16-44(17-19-45)28-12-9-25(6-5-14-39)29(20-28)37(49)50-4/h7-12,20,30H,13-19,21,39H2,1-4H3,(H,40,47)/t30-/m0/s1. The summed E-state index contributed by atoms with van der Waals surface area (Å²) in [6, 6.07) is 12.4. The lowest BCUT2D eigenvalue weighted by atomic mass is 9.99. The van der Waals surface area contributed by atoms with Crippen LogP contribution in [0.4, 0.5) is 5.69 Å². The maximum Gasteiger partial charge on any atom is 0.339 e. The molecule has 14 heteroatoms. The highest BCUT2D eigenvalue weighted by Gasteiger charge is 2.32. The largest absolute Gasteiger partial charge is 0.465 e. The van der Waals surface area contributed by atoms with Gasteiger partial charge in [0.1, 0.15) is 16.9 Å². The molecule has 0 bridgehead atoms. The summed E-state index contributed by atoms with van der Waals surface area (Å²) < 4.78 is 6.96. The minimum absolute atomic E-state index is 0.0409. The van der Waals surface area contributed by atoms with Crippen LogP contribution in [0.3, 0.4) is 0 Å². The Labute approximate surface area is 305 Å². The molecule has 2 aliphatic heterocycles. The first-order chi connectivity index (χ1) is 24.6. The first-order valence-electron chi connectivity index (χ1n) is 16.7. The number of nitrogens with two attached hydrogens (primary N) is 1. The molecule has 0 spiro atoms. The highest BCUT2D eigenvalue weighted by Crippen LogP contribution is 2.39. The van der Waals surface area contributed by atoms with Crippen molar-refractivity contribution in [1.82, 2.24) is 25.0 Å². The number of carbonyl (C=O) groups excluding carboxylic acids is 3. The lowest BCUT2D eigenvalue weighted by Crippen LogP contribution is -2.49. The quantitative estimate of drug-likeness (QED) is 0.204. The van der Waals surface area contributed by atoms with Gasteiger partial charge in [-0.1, -0.05) is 35.6 Å². The Balaban J connectivity index is 1.09. The van der Waals surface area contributed by atoms with Gasteiger partial charge >= 0.3 is 5.97 Å². The Kier molecular flexibility index (Phi) is 10.9. The number of nitrogens with zero attached hydrogens (tertiary/aromatic N) is 6. The molecule has 0 unspecified atom stereocenters. The van der Waals surface area contributed by atoms with Gasteiger partial charge in [-0.15, -0.1) is 21.5 Å². The fourth-order valence-corrected chi connectivity index (χ4v) is 7.66. The van der Waals surface area contributed by atoms with E-state index in [4.69, 9.17) is 27.1 Å². The van der Waals surface area contributed by atoms with Crippen LogP contribution in [-0.4, -0.2) is 89.5 Å². The Bertz CT molecular complexity index is 2070. The average Bonchev–Trinajstić information content (AvgIpc) is 3.62. The summed E-state index contributed by atoms with van der Waals surface area (Å²) in [7, 11) is 1.33. The maximum absolute atomic E-state index is 13.4. The van der Waals surface area contributed by atoms with Crippen molar-refractivity contribution >= 4 is 52.1 Å². The van der Waals surface area contributed by atoms with Gasteiger partial charge in [0.05, 0.1) is 31.4 Å². The summed E-state index contributed by atoms with van der Waals surface area (Å²) in [4.78, 5) is 49.2. The van der Waals surface area contributed by atoms with E-state index >= 15 is 0 Å². The van der Waals surface area contributed by atoms with Crippen molar-refractivity contribution in [3.8, 4) is 16.8 Å². The number of ether oxygens (including phenoxy) is 1. The second-order valence-corrected chi connectivity index (χ2v) is 13.9. The minimum atomic E-state index is -0.596. The van der Waals surface area contributed by atoms with Crippen LogP contribution in [0.5, 0.6) is 0 Å². The molecule has 2 aliphatic rings. The molecule has 0 aliphatic carbocycles. The Morgan fingerprint density at radius 1 is 1.06 bits per heavy atom. The van der Waals surface area contributed by atoms with Gasteiger partial charge < -0.3 is 25.6 Å². The van der Waals surface area contributed by atoms with E-state index in [1.165, 1.54) is 12.0 Å². The van der Waals surface area contributed by atoms with Gasteiger partial charge in [0, 0.05) is 71.4 Å². The van der Waals surface area contributed by atoms with Crippen LogP contribution < -0.4 is 16.0 Å². The summed E-state index contributed by atoms with van der Waals surface area (Å²) >= 11 is 7.87. The molecule has 2 amide bonds. The number of fused-ring (bicyclic) bond motifs is 3. The number of aliphatic imine (C=N–C) groups is 1. The number of thiophene rings is 1. The van der Waals surface area contributed by atoms with Crippen molar-refractivity contribution in [3.05, 3.63) is 91.8 Å². The van der Waals surface area contributed by atoms with E-state index in [-0.39, 0.29) is 37.7 Å². The zero-order chi connectivity index (χ0) is 36.2. The third kappa shape index (κ3) is 7.54. The molecule has 0 radical (unpaired) electrons. The van der Waals surface area contributed by atoms with Crippen LogP contribution in [0, 0.1) is 32.6 Å². The zero-order valence-electron chi connectivity index (χ0n) is 29.0. The fraction of sp³-hybridized carbons (Fsp3) is 0.351. The summed E-state index contributed by atoms with van der Waals surface area (Å²) in [6.07, 6.45) is 0.209. The van der Waals surface area contributed by atoms with Crippen LogP contribution in [-0.2, 0) is 14.3 Å². The molecule has 1 saturated heterocycles. The number of carbonyl (C=O) groups is 3. The summed E-state index contributed by atoms with van der Waals surface area (Å²) in [6.45, 7) is 8.65. The van der Waals surface area contributed by atoms with Gasteiger partial charge in [-0.3, -0.25) is 19.1 Å². The van der Waals surface area contributed by atoms with E-state index in [2.05, 4.69) is 46.1 Å².